The number of amides is 1. The number of nitrogens with zero attached hydrogens (tertiary/aromatic N) is 4. The zero-order chi connectivity index (χ0) is 18.9. The summed E-state index contributed by atoms with van der Waals surface area (Å²) < 4.78 is 2.17. The molecule has 1 fully saturated rings. The van der Waals surface area contributed by atoms with Crippen molar-refractivity contribution in [1.29, 1.82) is 0 Å². The third-order valence-corrected chi connectivity index (χ3v) is 6.17. The monoisotopic (exact) mass is 391 g/mol. The molecule has 1 aromatic carbocycles. The molecular weight excluding hydrogens is 370 g/mol. The molecule has 2 heterocycles. The van der Waals surface area contributed by atoms with Crippen molar-refractivity contribution in [2.45, 2.75) is 43.3 Å². The van der Waals surface area contributed by atoms with Gasteiger partial charge in [0, 0.05) is 29.7 Å². The van der Waals surface area contributed by atoms with Crippen LogP contribution in [-0.2, 0) is 17.6 Å². The van der Waals surface area contributed by atoms with Crippen LogP contribution in [0.15, 0.2) is 47.9 Å². The third-order valence-electron chi connectivity index (χ3n) is 5.23. The zero-order valence-electron chi connectivity index (χ0n) is 15.5. The zero-order valence-corrected chi connectivity index (χ0v) is 16.3. The van der Waals surface area contributed by atoms with Crippen LogP contribution in [0.1, 0.15) is 36.4 Å². The van der Waals surface area contributed by atoms with Crippen LogP contribution in [0, 0.1) is 0 Å². The molecule has 1 saturated carbocycles. The highest BCUT2D eigenvalue weighted by Crippen LogP contribution is 2.41. The first-order valence-corrected chi connectivity index (χ1v) is 10.7. The topological polar surface area (TPSA) is 72.7 Å². The van der Waals surface area contributed by atoms with E-state index < -0.39 is 0 Å². The Morgan fingerprint density at radius 1 is 1.11 bits per heavy atom. The largest absolute Gasteiger partial charge is 0.325 e. The fourth-order valence-corrected chi connectivity index (χ4v) is 4.52. The highest BCUT2D eigenvalue weighted by Gasteiger charge is 2.30. The highest BCUT2D eigenvalue weighted by atomic mass is 32.2. The van der Waals surface area contributed by atoms with Crippen molar-refractivity contribution in [1.82, 2.24) is 19.7 Å². The Kier molecular flexibility index (Phi) is 4.60. The number of pyridine rings is 1. The fourth-order valence-electron chi connectivity index (χ4n) is 3.71. The minimum Gasteiger partial charge on any atom is -0.325 e. The van der Waals surface area contributed by atoms with Crippen LogP contribution in [-0.4, -0.2) is 31.4 Å². The van der Waals surface area contributed by atoms with E-state index in [1.54, 1.807) is 12.4 Å². The average molecular weight is 392 g/mol. The number of aromatic nitrogens is 4. The number of aryl methyl sites for hydroxylation is 2. The van der Waals surface area contributed by atoms with Crippen LogP contribution in [0.2, 0.25) is 0 Å². The third kappa shape index (κ3) is 3.54. The molecule has 6 nitrogen and oxygen atoms in total. The summed E-state index contributed by atoms with van der Waals surface area (Å²) in [5, 5.41) is 12.6. The molecule has 28 heavy (non-hydrogen) atoms. The highest BCUT2D eigenvalue weighted by molar-refractivity contribution is 7.99. The van der Waals surface area contributed by atoms with Gasteiger partial charge in [0.25, 0.3) is 0 Å². The standard InChI is InChI=1S/C21H21N5OS/c27-19(23-17-5-4-14-2-1-3-16(14)12-17)13-28-21-25-24-20(26(21)18-6-7-18)15-8-10-22-11-9-15/h4-5,8-12,18H,1-3,6-7,13H2,(H,23,27). The summed E-state index contributed by atoms with van der Waals surface area (Å²) in [5.74, 6) is 1.16. The lowest BCUT2D eigenvalue weighted by atomic mass is 10.1. The molecule has 5 rings (SSSR count). The second-order valence-electron chi connectivity index (χ2n) is 7.32. The van der Waals surface area contributed by atoms with Crippen LogP contribution in [0.5, 0.6) is 0 Å². The summed E-state index contributed by atoms with van der Waals surface area (Å²) in [5.41, 5.74) is 4.66. The van der Waals surface area contributed by atoms with Gasteiger partial charge in [0.1, 0.15) is 0 Å². The van der Waals surface area contributed by atoms with Crippen molar-refractivity contribution in [3.63, 3.8) is 0 Å². The molecule has 0 aliphatic heterocycles. The first-order chi connectivity index (χ1) is 13.8. The number of hydrogen-bond acceptors (Lipinski definition) is 5. The number of benzene rings is 1. The predicted octanol–water partition coefficient (Wildman–Crippen LogP) is 3.89. The molecule has 0 unspecified atom stereocenters. The van der Waals surface area contributed by atoms with Crippen molar-refractivity contribution < 1.29 is 4.79 Å². The summed E-state index contributed by atoms with van der Waals surface area (Å²) >= 11 is 1.45. The molecule has 2 aromatic heterocycles. The van der Waals surface area contributed by atoms with Gasteiger partial charge in [0.05, 0.1) is 5.75 Å². The Bertz CT molecular complexity index is 1010. The molecule has 0 saturated heterocycles. The van der Waals surface area contributed by atoms with Crippen molar-refractivity contribution in [2.24, 2.45) is 0 Å². The first-order valence-electron chi connectivity index (χ1n) is 9.68. The van der Waals surface area contributed by atoms with Gasteiger partial charge in [-0.05, 0) is 67.5 Å². The Hall–Kier alpha value is -2.67. The van der Waals surface area contributed by atoms with E-state index in [4.69, 9.17) is 0 Å². The van der Waals surface area contributed by atoms with Crippen LogP contribution in [0.4, 0.5) is 5.69 Å². The maximum atomic E-state index is 12.5. The maximum Gasteiger partial charge on any atom is 0.234 e. The van der Waals surface area contributed by atoms with Crippen LogP contribution in [0.3, 0.4) is 0 Å². The van der Waals surface area contributed by atoms with Crippen LogP contribution < -0.4 is 5.32 Å². The number of thioether (sulfide) groups is 1. The van der Waals surface area contributed by atoms with Crippen molar-refractivity contribution >= 4 is 23.4 Å². The molecule has 1 amide bonds. The molecule has 0 atom stereocenters. The second-order valence-corrected chi connectivity index (χ2v) is 8.26. The van der Waals surface area contributed by atoms with Gasteiger partial charge in [0.15, 0.2) is 11.0 Å². The molecule has 7 heteroatoms. The number of hydrogen-bond donors (Lipinski definition) is 1. The van der Waals surface area contributed by atoms with Gasteiger partial charge in [-0.1, -0.05) is 17.8 Å². The number of nitrogens with one attached hydrogen (secondary N) is 1. The quantitative estimate of drug-likeness (QED) is 0.645. The van der Waals surface area contributed by atoms with Crippen molar-refractivity contribution in [2.75, 3.05) is 11.1 Å². The summed E-state index contributed by atoms with van der Waals surface area (Å²) in [4.78, 5) is 16.5. The van der Waals surface area contributed by atoms with Crippen LogP contribution >= 0.6 is 11.8 Å². The second kappa shape index (κ2) is 7.39. The summed E-state index contributed by atoms with van der Waals surface area (Å²) in [7, 11) is 0. The van der Waals surface area contributed by atoms with E-state index in [0.717, 1.165) is 47.9 Å². The van der Waals surface area contributed by atoms with E-state index in [9.17, 15) is 4.79 Å². The Labute approximate surface area is 167 Å². The summed E-state index contributed by atoms with van der Waals surface area (Å²) in [6.45, 7) is 0. The van der Waals surface area contributed by atoms with E-state index in [1.165, 1.54) is 29.3 Å². The van der Waals surface area contributed by atoms with Gasteiger partial charge in [-0.15, -0.1) is 10.2 Å². The lowest BCUT2D eigenvalue weighted by Crippen LogP contribution is -2.14. The molecule has 3 aromatic rings. The number of fused-ring (bicyclic) bond motifs is 1. The smallest absolute Gasteiger partial charge is 0.234 e. The summed E-state index contributed by atoms with van der Waals surface area (Å²) in [6.07, 6.45) is 9.25. The van der Waals surface area contributed by atoms with Crippen molar-refractivity contribution in [3.05, 3.63) is 53.9 Å². The molecule has 0 spiro atoms. The number of anilines is 1. The number of carbonyl (C=O) groups is 1. The van der Waals surface area contributed by atoms with Gasteiger partial charge >= 0.3 is 0 Å². The molecular formula is C21H21N5OS. The van der Waals surface area contributed by atoms with E-state index in [2.05, 4.69) is 37.2 Å². The molecule has 2 aliphatic carbocycles. The molecule has 1 N–H and O–H groups in total. The van der Waals surface area contributed by atoms with Gasteiger partial charge in [0.2, 0.25) is 5.91 Å². The molecule has 2 aliphatic rings. The molecule has 0 radical (unpaired) electrons. The normalized spacial score (nSPS) is 15.4. The number of rotatable bonds is 6. The van der Waals surface area contributed by atoms with Gasteiger partial charge in [-0.3, -0.25) is 14.3 Å². The van der Waals surface area contributed by atoms with Gasteiger partial charge in [-0.25, -0.2) is 0 Å². The van der Waals surface area contributed by atoms with Crippen molar-refractivity contribution in [3.8, 4) is 11.4 Å². The van der Waals surface area contributed by atoms with E-state index in [-0.39, 0.29) is 5.91 Å². The summed E-state index contributed by atoms with van der Waals surface area (Å²) in [6, 6.07) is 10.6. The van der Waals surface area contributed by atoms with E-state index in [0.29, 0.717) is 11.8 Å². The number of carbonyl (C=O) groups excluding carboxylic acids is 1. The van der Waals surface area contributed by atoms with E-state index in [1.807, 2.05) is 18.2 Å². The lowest BCUT2D eigenvalue weighted by molar-refractivity contribution is -0.113. The van der Waals surface area contributed by atoms with Gasteiger partial charge < -0.3 is 5.32 Å². The lowest BCUT2D eigenvalue weighted by Gasteiger charge is -2.09. The minimum atomic E-state index is -0.0150. The van der Waals surface area contributed by atoms with Gasteiger partial charge in [-0.2, -0.15) is 0 Å². The van der Waals surface area contributed by atoms with Crippen LogP contribution in [0.25, 0.3) is 11.4 Å². The Morgan fingerprint density at radius 2 is 1.93 bits per heavy atom. The molecule has 142 valence electrons. The van der Waals surface area contributed by atoms with E-state index >= 15 is 0 Å². The Balaban J connectivity index is 1.28. The fraction of sp³-hybridized carbons (Fsp3) is 0.333. The predicted molar refractivity (Wildman–Crippen MR) is 109 cm³/mol. The molecule has 0 bridgehead atoms. The Morgan fingerprint density at radius 3 is 2.75 bits per heavy atom. The SMILES string of the molecule is O=C(CSc1nnc(-c2ccncc2)n1C1CC1)Nc1ccc2c(c1)CCC2. The maximum absolute atomic E-state index is 12.5. The minimum absolute atomic E-state index is 0.0150. The average Bonchev–Trinajstić information content (AvgIpc) is 3.29. The first kappa shape index (κ1) is 17.4.